The molecule has 18 heavy (non-hydrogen) atoms. The number of halogens is 1. The summed E-state index contributed by atoms with van der Waals surface area (Å²) in [5.41, 5.74) is 1.38. The smallest absolute Gasteiger partial charge is 0.130 e. The van der Waals surface area contributed by atoms with Crippen LogP contribution in [0.5, 0.6) is 0 Å². The number of nitrogens with one attached hydrogen (secondary N) is 1. The van der Waals surface area contributed by atoms with Gasteiger partial charge in [0.05, 0.1) is 16.1 Å². The number of rotatable bonds is 2. The second-order valence-electron chi connectivity index (χ2n) is 3.47. The molecule has 0 aliphatic carbocycles. The highest BCUT2D eigenvalue weighted by Gasteiger charge is 2.03. The van der Waals surface area contributed by atoms with Crippen molar-refractivity contribution in [1.29, 1.82) is 10.5 Å². The molecule has 0 aliphatic heterocycles. The van der Waals surface area contributed by atoms with E-state index < -0.39 is 0 Å². The van der Waals surface area contributed by atoms with Crippen LogP contribution >= 0.6 is 11.6 Å². The van der Waals surface area contributed by atoms with Crippen LogP contribution in [0.1, 0.15) is 11.1 Å². The molecule has 0 bridgehead atoms. The lowest BCUT2D eigenvalue weighted by atomic mass is 10.1. The number of nitrogens with zero attached hydrogens (tertiary/aromatic N) is 3. The van der Waals surface area contributed by atoms with Crippen LogP contribution in [0.4, 0.5) is 11.5 Å². The average Bonchev–Trinajstić information content (AvgIpc) is 2.41. The van der Waals surface area contributed by atoms with Gasteiger partial charge >= 0.3 is 0 Å². The average molecular weight is 255 g/mol. The molecule has 2 aromatic rings. The molecule has 1 N–H and O–H groups in total. The van der Waals surface area contributed by atoms with Gasteiger partial charge in [0, 0.05) is 11.9 Å². The van der Waals surface area contributed by atoms with E-state index >= 15 is 0 Å². The minimum atomic E-state index is 0.330. The molecule has 0 radical (unpaired) electrons. The van der Waals surface area contributed by atoms with Crippen molar-refractivity contribution in [3.63, 3.8) is 0 Å². The molecule has 0 aliphatic rings. The van der Waals surface area contributed by atoms with Gasteiger partial charge in [-0.25, -0.2) is 4.98 Å². The maximum absolute atomic E-state index is 8.91. The number of benzene rings is 1. The zero-order valence-corrected chi connectivity index (χ0v) is 9.94. The molecule has 1 heterocycles. The quantitative estimate of drug-likeness (QED) is 0.893. The van der Waals surface area contributed by atoms with Gasteiger partial charge in [-0.15, -0.1) is 0 Å². The summed E-state index contributed by atoms with van der Waals surface area (Å²) in [7, 11) is 0. The Morgan fingerprint density at radius 3 is 2.44 bits per heavy atom. The lowest BCUT2D eigenvalue weighted by Crippen LogP contribution is -1.94. The highest BCUT2D eigenvalue weighted by atomic mass is 35.5. The number of pyridine rings is 1. The van der Waals surface area contributed by atoms with Crippen molar-refractivity contribution >= 4 is 23.1 Å². The van der Waals surface area contributed by atoms with Crippen molar-refractivity contribution in [3.8, 4) is 12.1 Å². The Kier molecular flexibility index (Phi) is 3.43. The predicted molar refractivity (Wildman–Crippen MR) is 68.4 cm³/mol. The molecule has 0 unspecified atom stereocenters. The third-order valence-electron chi connectivity index (χ3n) is 2.26. The number of hydrogen-bond acceptors (Lipinski definition) is 4. The number of nitriles is 2. The second kappa shape index (κ2) is 5.18. The molecule has 1 aromatic heterocycles. The summed E-state index contributed by atoms with van der Waals surface area (Å²) in [5.74, 6) is 0.619. The van der Waals surface area contributed by atoms with E-state index in [1.165, 1.54) is 6.20 Å². The third kappa shape index (κ3) is 2.57. The van der Waals surface area contributed by atoms with Gasteiger partial charge in [0.1, 0.15) is 18.0 Å². The Bertz CT molecular complexity index is 650. The highest BCUT2D eigenvalue weighted by Crippen LogP contribution is 2.19. The van der Waals surface area contributed by atoms with E-state index in [1.54, 1.807) is 30.3 Å². The first-order valence-electron chi connectivity index (χ1n) is 5.06. The molecule has 5 heteroatoms. The molecule has 0 saturated heterocycles. The summed E-state index contributed by atoms with van der Waals surface area (Å²) >= 11 is 5.73. The largest absolute Gasteiger partial charge is 0.340 e. The fourth-order valence-electron chi connectivity index (χ4n) is 1.41. The maximum atomic E-state index is 8.91. The maximum Gasteiger partial charge on any atom is 0.130 e. The van der Waals surface area contributed by atoms with Gasteiger partial charge in [0.15, 0.2) is 0 Å². The Morgan fingerprint density at radius 2 is 1.83 bits per heavy atom. The molecule has 0 spiro atoms. The van der Waals surface area contributed by atoms with E-state index in [0.29, 0.717) is 27.7 Å². The van der Waals surface area contributed by atoms with Crippen LogP contribution < -0.4 is 5.32 Å². The first-order chi connectivity index (χ1) is 8.72. The van der Waals surface area contributed by atoms with Crippen LogP contribution in [0.15, 0.2) is 36.5 Å². The molecule has 2 rings (SSSR count). The van der Waals surface area contributed by atoms with Crippen molar-refractivity contribution in [2.24, 2.45) is 0 Å². The molecule has 4 nitrogen and oxygen atoms in total. The molecular formula is C13H7ClN4. The summed E-state index contributed by atoms with van der Waals surface area (Å²) in [4.78, 5) is 4.08. The van der Waals surface area contributed by atoms with Crippen LogP contribution in [0.3, 0.4) is 0 Å². The molecule has 0 fully saturated rings. The highest BCUT2D eigenvalue weighted by molar-refractivity contribution is 6.30. The predicted octanol–water partition coefficient (Wildman–Crippen LogP) is 3.22. The molecule has 0 amide bonds. The van der Waals surface area contributed by atoms with Crippen LogP contribution in [0.25, 0.3) is 0 Å². The zero-order chi connectivity index (χ0) is 13.0. The normalized spacial score (nSPS) is 9.28. The topological polar surface area (TPSA) is 72.5 Å². The fourth-order valence-corrected chi connectivity index (χ4v) is 1.52. The zero-order valence-electron chi connectivity index (χ0n) is 9.18. The van der Waals surface area contributed by atoms with E-state index in [0.717, 1.165) is 0 Å². The van der Waals surface area contributed by atoms with E-state index in [4.69, 9.17) is 22.1 Å². The van der Waals surface area contributed by atoms with Crippen LogP contribution in [0, 0.1) is 22.7 Å². The van der Waals surface area contributed by atoms with E-state index in [9.17, 15) is 0 Å². The van der Waals surface area contributed by atoms with Crippen molar-refractivity contribution in [3.05, 3.63) is 52.7 Å². The first kappa shape index (κ1) is 11.9. The lowest BCUT2D eigenvalue weighted by Gasteiger charge is -2.06. The van der Waals surface area contributed by atoms with Crippen LogP contribution in [0.2, 0.25) is 5.02 Å². The summed E-state index contributed by atoms with van der Waals surface area (Å²) in [5, 5.41) is 21.3. The van der Waals surface area contributed by atoms with Gasteiger partial charge in [-0.3, -0.25) is 0 Å². The monoisotopic (exact) mass is 254 g/mol. The standard InChI is InChI=1S/C13H7ClN4/c14-11-2-4-13(17-8-11)18-12-3-1-9(6-15)10(5-12)7-16/h1-5,8H,(H,17,18). The second-order valence-corrected chi connectivity index (χ2v) is 3.91. The number of aromatic nitrogens is 1. The Hall–Kier alpha value is -2.56. The Labute approximate surface area is 109 Å². The first-order valence-corrected chi connectivity index (χ1v) is 5.43. The SMILES string of the molecule is N#Cc1ccc(Nc2ccc(Cl)cn2)cc1C#N. The van der Waals surface area contributed by atoms with Crippen molar-refractivity contribution < 1.29 is 0 Å². The molecule has 0 saturated carbocycles. The number of anilines is 2. The van der Waals surface area contributed by atoms with Gasteiger partial charge in [-0.05, 0) is 30.3 Å². The molecular weight excluding hydrogens is 248 g/mol. The van der Waals surface area contributed by atoms with Gasteiger partial charge in [-0.2, -0.15) is 10.5 Å². The molecule has 1 aromatic carbocycles. The van der Waals surface area contributed by atoms with Gasteiger partial charge in [0.25, 0.3) is 0 Å². The van der Waals surface area contributed by atoms with Gasteiger partial charge in [0.2, 0.25) is 0 Å². The lowest BCUT2D eigenvalue weighted by molar-refractivity contribution is 1.30. The van der Waals surface area contributed by atoms with Crippen LogP contribution in [-0.2, 0) is 0 Å². The summed E-state index contributed by atoms with van der Waals surface area (Å²) in [6, 6.07) is 12.3. The minimum absolute atomic E-state index is 0.330. The number of hydrogen-bond donors (Lipinski definition) is 1. The van der Waals surface area contributed by atoms with E-state index in [2.05, 4.69) is 10.3 Å². The third-order valence-corrected chi connectivity index (χ3v) is 2.48. The van der Waals surface area contributed by atoms with Gasteiger partial charge in [-0.1, -0.05) is 11.6 Å². The Morgan fingerprint density at radius 1 is 1.06 bits per heavy atom. The van der Waals surface area contributed by atoms with Crippen molar-refractivity contribution in [1.82, 2.24) is 4.98 Å². The Balaban J connectivity index is 2.28. The van der Waals surface area contributed by atoms with E-state index in [-0.39, 0.29) is 0 Å². The molecule has 86 valence electrons. The minimum Gasteiger partial charge on any atom is -0.340 e. The van der Waals surface area contributed by atoms with E-state index in [1.807, 2.05) is 12.1 Å². The summed E-state index contributed by atoms with van der Waals surface area (Å²) in [6.45, 7) is 0. The van der Waals surface area contributed by atoms with Crippen molar-refractivity contribution in [2.45, 2.75) is 0 Å². The van der Waals surface area contributed by atoms with Crippen LogP contribution in [-0.4, -0.2) is 4.98 Å². The fraction of sp³-hybridized carbons (Fsp3) is 0. The summed E-state index contributed by atoms with van der Waals surface area (Å²) < 4.78 is 0. The van der Waals surface area contributed by atoms with Crippen molar-refractivity contribution in [2.75, 3.05) is 5.32 Å². The van der Waals surface area contributed by atoms with Gasteiger partial charge < -0.3 is 5.32 Å². The summed E-state index contributed by atoms with van der Waals surface area (Å²) in [6.07, 6.45) is 1.53. The molecule has 0 atom stereocenters.